The van der Waals surface area contributed by atoms with Crippen LogP contribution in [0.4, 0.5) is 0 Å². The van der Waals surface area contributed by atoms with Gasteiger partial charge in [0.1, 0.15) is 5.82 Å². The number of aryl methyl sites for hydroxylation is 3. The molecule has 1 unspecified atom stereocenters. The average molecular weight is 432 g/mol. The van der Waals surface area contributed by atoms with Crippen molar-refractivity contribution in [1.29, 1.82) is 0 Å². The van der Waals surface area contributed by atoms with E-state index in [0.29, 0.717) is 0 Å². The molecule has 0 aliphatic heterocycles. The van der Waals surface area contributed by atoms with Crippen molar-refractivity contribution in [3.63, 3.8) is 0 Å². The Labute approximate surface area is 146 Å². The van der Waals surface area contributed by atoms with Crippen molar-refractivity contribution in [1.82, 2.24) is 14.5 Å². The summed E-state index contributed by atoms with van der Waals surface area (Å²) < 4.78 is 3.41. The first kappa shape index (κ1) is 15.2. The van der Waals surface area contributed by atoms with Crippen LogP contribution in [0.2, 0.25) is 0 Å². The summed E-state index contributed by atoms with van der Waals surface area (Å²) in [5.41, 5.74) is 3.25. The van der Waals surface area contributed by atoms with E-state index in [1.807, 2.05) is 13.8 Å². The second-order valence-electron chi connectivity index (χ2n) is 5.00. The first-order valence-electron chi connectivity index (χ1n) is 6.75. The molecule has 3 rings (SSSR count). The molecular weight excluding hydrogens is 417 g/mol. The van der Waals surface area contributed by atoms with E-state index >= 15 is 0 Å². The van der Waals surface area contributed by atoms with Crippen molar-refractivity contribution in [2.24, 2.45) is 0 Å². The van der Waals surface area contributed by atoms with Crippen LogP contribution in [0.3, 0.4) is 0 Å². The van der Waals surface area contributed by atoms with Crippen molar-refractivity contribution in [3.8, 4) is 0 Å². The van der Waals surface area contributed by atoms with Crippen LogP contribution in [0.5, 0.6) is 0 Å². The molecule has 0 bridgehead atoms. The summed E-state index contributed by atoms with van der Waals surface area (Å²) in [6.07, 6.45) is 0.909. The van der Waals surface area contributed by atoms with E-state index in [4.69, 9.17) is 16.6 Å². The van der Waals surface area contributed by atoms with Gasteiger partial charge in [0.2, 0.25) is 0 Å². The van der Waals surface area contributed by atoms with Crippen LogP contribution < -0.4 is 0 Å². The summed E-state index contributed by atoms with van der Waals surface area (Å²) in [5.74, 6) is 0.932. The van der Waals surface area contributed by atoms with Crippen LogP contribution in [-0.2, 0) is 13.0 Å². The zero-order valence-electron chi connectivity index (χ0n) is 11.8. The van der Waals surface area contributed by atoms with E-state index in [-0.39, 0.29) is 5.38 Å². The van der Waals surface area contributed by atoms with Gasteiger partial charge in [-0.3, -0.25) is 0 Å². The number of alkyl halides is 1. The fourth-order valence-corrected chi connectivity index (χ4v) is 3.79. The summed E-state index contributed by atoms with van der Waals surface area (Å²) in [6, 6.07) is 6.33. The van der Waals surface area contributed by atoms with E-state index in [1.54, 1.807) is 11.3 Å². The molecule has 0 saturated carbocycles. The molecule has 6 heteroatoms. The lowest BCUT2D eigenvalue weighted by Gasteiger charge is -2.09. The third-order valence-corrected chi connectivity index (χ3v) is 5.20. The minimum absolute atomic E-state index is 0.104. The zero-order valence-corrected chi connectivity index (χ0v) is 15.5. The molecular formula is C15H15ClIN3S. The number of fused-ring (bicyclic) bond motifs is 1. The Morgan fingerprint density at radius 2 is 2.19 bits per heavy atom. The van der Waals surface area contributed by atoms with Crippen LogP contribution in [0.1, 0.15) is 28.8 Å². The normalized spacial score (nSPS) is 13.0. The molecule has 1 aromatic carbocycles. The maximum atomic E-state index is 6.31. The lowest BCUT2D eigenvalue weighted by molar-refractivity contribution is 0.666. The molecule has 0 saturated heterocycles. The highest BCUT2D eigenvalue weighted by molar-refractivity contribution is 14.1. The first-order chi connectivity index (χ1) is 10.0. The van der Waals surface area contributed by atoms with Crippen molar-refractivity contribution in [2.45, 2.75) is 32.2 Å². The minimum Gasteiger partial charge on any atom is -0.326 e. The van der Waals surface area contributed by atoms with Crippen LogP contribution in [-0.4, -0.2) is 14.5 Å². The van der Waals surface area contributed by atoms with Gasteiger partial charge in [0, 0.05) is 27.6 Å². The molecule has 0 amide bonds. The molecule has 3 aromatic rings. The summed E-state index contributed by atoms with van der Waals surface area (Å²) in [5, 5.41) is 3.15. The predicted molar refractivity (Wildman–Crippen MR) is 97.3 cm³/mol. The Kier molecular flexibility index (Phi) is 4.51. The monoisotopic (exact) mass is 431 g/mol. The highest BCUT2D eigenvalue weighted by Gasteiger charge is 2.15. The lowest BCUT2D eigenvalue weighted by Crippen LogP contribution is -2.06. The van der Waals surface area contributed by atoms with Gasteiger partial charge in [-0.25, -0.2) is 9.97 Å². The van der Waals surface area contributed by atoms with Crippen LogP contribution in [0.25, 0.3) is 11.0 Å². The second-order valence-corrected chi connectivity index (χ2v) is 7.85. The average Bonchev–Trinajstić information content (AvgIpc) is 2.99. The highest BCUT2D eigenvalue weighted by atomic mass is 127. The number of halogens is 2. The van der Waals surface area contributed by atoms with E-state index in [1.165, 1.54) is 3.57 Å². The molecule has 21 heavy (non-hydrogen) atoms. The van der Waals surface area contributed by atoms with Crippen molar-refractivity contribution >= 4 is 56.6 Å². The molecule has 2 aromatic heterocycles. The van der Waals surface area contributed by atoms with Crippen LogP contribution in [0, 0.1) is 10.5 Å². The summed E-state index contributed by atoms with van der Waals surface area (Å²) in [6.45, 7) is 4.86. The number of thiazole rings is 1. The largest absolute Gasteiger partial charge is 0.326 e. The summed E-state index contributed by atoms with van der Waals surface area (Å²) in [4.78, 5) is 9.23. The Balaban J connectivity index is 1.97. The molecule has 0 aliphatic rings. The van der Waals surface area contributed by atoms with Crippen molar-refractivity contribution in [2.75, 3.05) is 0 Å². The zero-order chi connectivity index (χ0) is 15.0. The van der Waals surface area contributed by atoms with Gasteiger partial charge in [0.25, 0.3) is 0 Å². The maximum Gasteiger partial charge on any atom is 0.127 e. The number of benzene rings is 1. The van der Waals surface area contributed by atoms with Gasteiger partial charge in [-0.1, -0.05) is 0 Å². The maximum absolute atomic E-state index is 6.31. The summed E-state index contributed by atoms with van der Waals surface area (Å²) >= 11 is 10.3. The molecule has 0 aliphatic carbocycles. The lowest BCUT2D eigenvalue weighted by atomic mass is 10.3. The van der Waals surface area contributed by atoms with Gasteiger partial charge in [-0.05, 0) is 54.6 Å². The number of rotatable bonds is 4. The van der Waals surface area contributed by atoms with Crippen molar-refractivity contribution in [3.05, 3.63) is 43.7 Å². The molecule has 110 valence electrons. The second kappa shape index (κ2) is 6.22. The van der Waals surface area contributed by atoms with Gasteiger partial charge in [0.05, 0.1) is 21.4 Å². The third kappa shape index (κ3) is 3.24. The minimum atomic E-state index is -0.104. The van der Waals surface area contributed by atoms with Gasteiger partial charge in [0.15, 0.2) is 0 Å². The Hall–Kier alpha value is -0.660. The Morgan fingerprint density at radius 1 is 1.38 bits per heavy atom. The number of hydrogen-bond donors (Lipinski definition) is 0. The molecule has 0 radical (unpaired) electrons. The SMILES string of the molecule is Cc1csc(CCn2c(C(C)Cl)nc3cc(I)ccc32)n1. The van der Waals surface area contributed by atoms with E-state index < -0.39 is 0 Å². The smallest absolute Gasteiger partial charge is 0.127 e. The van der Waals surface area contributed by atoms with Crippen LogP contribution in [0.15, 0.2) is 23.6 Å². The topological polar surface area (TPSA) is 30.7 Å². The Bertz CT molecular complexity index is 778. The molecule has 0 N–H and O–H groups in total. The van der Waals surface area contributed by atoms with Gasteiger partial charge < -0.3 is 4.57 Å². The standard InChI is InChI=1S/C15H15ClIN3S/c1-9-8-21-14(18-9)5-6-20-13-4-3-11(17)7-12(13)19-15(20)10(2)16/h3-4,7-8,10H,5-6H2,1-2H3. The van der Waals surface area contributed by atoms with Crippen molar-refractivity contribution < 1.29 is 0 Å². The third-order valence-electron chi connectivity index (χ3n) is 3.31. The quantitative estimate of drug-likeness (QED) is 0.432. The first-order valence-corrected chi connectivity index (χ1v) is 9.15. The molecule has 0 spiro atoms. The van der Waals surface area contributed by atoms with Gasteiger partial charge in [-0.15, -0.1) is 22.9 Å². The van der Waals surface area contributed by atoms with E-state index in [0.717, 1.165) is 40.5 Å². The predicted octanol–water partition coefficient (Wildman–Crippen LogP) is 4.95. The number of hydrogen-bond acceptors (Lipinski definition) is 3. The fraction of sp³-hybridized carbons (Fsp3) is 0.333. The number of imidazole rings is 1. The molecule has 2 heterocycles. The van der Waals surface area contributed by atoms with E-state index in [9.17, 15) is 0 Å². The van der Waals surface area contributed by atoms with Gasteiger partial charge >= 0.3 is 0 Å². The Morgan fingerprint density at radius 3 is 2.86 bits per heavy atom. The summed E-state index contributed by atoms with van der Waals surface area (Å²) in [7, 11) is 0. The molecule has 3 nitrogen and oxygen atoms in total. The highest BCUT2D eigenvalue weighted by Crippen LogP contribution is 2.26. The molecule has 1 atom stereocenters. The molecule has 0 fully saturated rings. The van der Waals surface area contributed by atoms with E-state index in [2.05, 4.69) is 55.7 Å². The number of aromatic nitrogens is 3. The fourth-order valence-electron chi connectivity index (χ4n) is 2.39. The van der Waals surface area contributed by atoms with Crippen LogP contribution >= 0.6 is 45.5 Å². The van der Waals surface area contributed by atoms with Gasteiger partial charge in [-0.2, -0.15) is 0 Å². The number of nitrogens with zero attached hydrogens (tertiary/aromatic N) is 3.